The minimum absolute atomic E-state index is 0.240. The number of aryl methyl sites for hydroxylation is 1. The standard InChI is InChI=1S/C15H22O2/c1-4-12-5-7-13(8-6-12)15(16)9-10-17-14(2,3)11-15/h5-8,16H,4,9-11H2,1-3H3. The average molecular weight is 234 g/mol. The third-order valence-corrected chi connectivity index (χ3v) is 3.63. The Kier molecular flexibility index (Phi) is 3.28. The van der Waals surface area contributed by atoms with Crippen molar-refractivity contribution in [1.82, 2.24) is 0 Å². The highest BCUT2D eigenvalue weighted by Crippen LogP contribution is 2.39. The van der Waals surface area contributed by atoms with Crippen LogP contribution in [-0.2, 0) is 16.8 Å². The van der Waals surface area contributed by atoms with E-state index in [0.29, 0.717) is 19.4 Å². The Morgan fingerprint density at radius 2 is 1.88 bits per heavy atom. The number of aliphatic hydroxyl groups is 1. The number of rotatable bonds is 2. The topological polar surface area (TPSA) is 29.5 Å². The first-order valence-corrected chi connectivity index (χ1v) is 6.41. The molecular formula is C15H22O2. The van der Waals surface area contributed by atoms with Crippen LogP contribution in [0.3, 0.4) is 0 Å². The molecule has 1 fully saturated rings. The maximum atomic E-state index is 10.8. The zero-order valence-corrected chi connectivity index (χ0v) is 11.0. The van der Waals surface area contributed by atoms with Crippen molar-refractivity contribution in [2.24, 2.45) is 0 Å². The smallest absolute Gasteiger partial charge is 0.0945 e. The summed E-state index contributed by atoms with van der Waals surface area (Å²) in [6.45, 7) is 6.84. The lowest BCUT2D eigenvalue weighted by molar-refractivity contribution is -0.148. The highest BCUT2D eigenvalue weighted by atomic mass is 16.5. The van der Waals surface area contributed by atoms with Crippen molar-refractivity contribution < 1.29 is 9.84 Å². The molecule has 0 bridgehead atoms. The van der Waals surface area contributed by atoms with E-state index in [9.17, 15) is 5.11 Å². The highest BCUT2D eigenvalue weighted by Gasteiger charge is 2.40. The zero-order chi connectivity index (χ0) is 12.5. The first-order valence-electron chi connectivity index (χ1n) is 6.41. The second kappa shape index (κ2) is 4.43. The predicted molar refractivity (Wildman–Crippen MR) is 69.0 cm³/mol. The monoisotopic (exact) mass is 234 g/mol. The zero-order valence-electron chi connectivity index (χ0n) is 11.0. The molecule has 2 rings (SSSR count). The molecule has 1 aliphatic rings. The number of ether oxygens (including phenoxy) is 1. The molecule has 1 N–H and O–H groups in total. The number of benzene rings is 1. The van der Waals surface area contributed by atoms with Crippen LogP contribution in [0, 0.1) is 0 Å². The van der Waals surface area contributed by atoms with Crippen molar-refractivity contribution in [3.05, 3.63) is 35.4 Å². The molecule has 1 heterocycles. The molecule has 1 aromatic rings. The van der Waals surface area contributed by atoms with Crippen LogP contribution in [0.4, 0.5) is 0 Å². The molecule has 0 saturated carbocycles. The van der Waals surface area contributed by atoms with Crippen molar-refractivity contribution >= 4 is 0 Å². The van der Waals surface area contributed by atoms with Crippen LogP contribution < -0.4 is 0 Å². The lowest BCUT2D eigenvalue weighted by Gasteiger charge is -2.41. The SMILES string of the molecule is CCc1ccc(C2(O)CCOC(C)(C)C2)cc1. The summed E-state index contributed by atoms with van der Waals surface area (Å²) in [5, 5.41) is 10.8. The predicted octanol–water partition coefficient (Wildman–Crippen LogP) is 3.03. The first-order chi connectivity index (χ1) is 7.95. The van der Waals surface area contributed by atoms with Gasteiger partial charge < -0.3 is 9.84 Å². The Morgan fingerprint density at radius 1 is 1.24 bits per heavy atom. The summed E-state index contributed by atoms with van der Waals surface area (Å²) in [6.07, 6.45) is 2.38. The van der Waals surface area contributed by atoms with Gasteiger partial charge in [0.05, 0.1) is 17.8 Å². The molecule has 0 radical (unpaired) electrons. The van der Waals surface area contributed by atoms with E-state index in [4.69, 9.17) is 4.74 Å². The van der Waals surface area contributed by atoms with Gasteiger partial charge in [-0.15, -0.1) is 0 Å². The van der Waals surface area contributed by atoms with E-state index < -0.39 is 5.60 Å². The van der Waals surface area contributed by atoms with Gasteiger partial charge in [0.25, 0.3) is 0 Å². The van der Waals surface area contributed by atoms with Crippen LogP contribution in [0.5, 0.6) is 0 Å². The largest absolute Gasteiger partial charge is 0.385 e. The lowest BCUT2D eigenvalue weighted by atomic mass is 9.79. The maximum Gasteiger partial charge on any atom is 0.0945 e. The van der Waals surface area contributed by atoms with E-state index >= 15 is 0 Å². The van der Waals surface area contributed by atoms with E-state index in [-0.39, 0.29) is 5.60 Å². The summed E-state index contributed by atoms with van der Waals surface area (Å²) in [5.74, 6) is 0. The highest BCUT2D eigenvalue weighted by molar-refractivity contribution is 5.28. The summed E-state index contributed by atoms with van der Waals surface area (Å²) in [7, 11) is 0. The van der Waals surface area contributed by atoms with E-state index in [0.717, 1.165) is 12.0 Å². The third kappa shape index (κ3) is 2.70. The van der Waals surface area contributed by atoms with Gasteiger partial charge in [-0.05, 0) is 31.4 Å². The molecule has 2 heteroatoms. The van der Waals surface area contributed by atoms with Crippen LogP contribution in [0.1, 0.15) is 44.7 Å². The van der Waals surface area contributed by atoms with Crippen molar-refractivity contribution in [3.63, 3.8) is 0 Å². The molecule has 1 atom stereocenters. The molecule has 2 nitrogen and oxygen atoms in total. The minimum atomic E-state index is -0.728. The van der Waals surface area contributed by atoms with Crippen LogP contribution in [0.15, 0.2) is 24.3 Å². The third-order valence-electron chi connectivity index (χ3n) is 3.63. The Labute approximate surface area is 104 Å². The molecule has 94 valence electrons. The quantitative estimate of drug-likeness (QED) is 0.852. The second-order valence-electron chi connectivity index (χ2n) is 5.62. The molecule has 0 aromatic heterocycles. The molecular weight excluding hydrogens is 212 g/mol. The van der Waals surface area contributed by atoms with Gasteiger partial charge in [0.2, 0.25) is 0 Å². The summed E-state index contributed by atoms with van der Waals surface area (Å²) >= 11 is 0. The fourth-order valence-electron chi connectivity index (χ4n) is 2.64. The first kappa shape index (κ1) is 12.6. The van der Waals surface area contributed by atoms with Gasteiger partial charge in [-0.25, -0.2) is 0 Å². The Morgan fingerprint density at radius 3 is 2.41 bits per heavy atom. The van der Waals surface area contributed by atoms with Crippen LogP contribution >= 0.6 is 0 Å². The van der Waals surface area contributed by atoms with Gasteiger partial charge in [0.15, 0.2) is 0 Å². The Hall–Kier alpha value is -0.860. The fraction of sp³-hybridized carbons (Fsp3) is 0.600. The van der Waals surface area contributed by atoms with E-state index in [1.165, 1.54) is 5.56 Å². The van der Waals surface area contributed by atoms with Gasteiger partial charge in [-0.2, -0.15) is 0 Å². The lowest BCUT2D eigenvalue weighted by Crippen LogP contribution is -2.43. The van der Waals surface area contributed by atoms with Gasteiger partial charge in [-0.1, -0.05) is 31.2 Å². The van der Waals surface area contributed by atoms with Crippen molar-refractivity contribution in [1.29, 1.82) is 0 Å². The van der Waals surface area contributed by atoms with Crippen molar-refractivity contribution in [2.45, 2.75) is 51.2 Å². The van der Waals surface area contributed by atoms with Crippen LogP contribution in [-0.4, -0.2) is 17.3 Å². The molecule has 1 saturated heterocycles. The molecule has 0 spiro atoms. The van der Waals surface area contributed by atoms with Gasteiger partial charge in [0, 0.05) is 12.8 Å². The van der Waals surface area contributed by atoms with Gasteiger partial charge >= 0.3 is 0 Å². The van der Waals surface area contributed by atoms with Crippen molar-refractivity contribution in [3.8, 4) is 0 Å². The fourth-order valence-corrected chi connectivity index (χ4v) is 2.64. The molecule has 0 amide bonds. The van der Waals surface area contributed by atoms with E-state index in [1.54, 1.807) is 0 Å². The minimum Gasteiger partial charge on any atom is -0.385 e. The Balaban J connectivity index is 2.24. The summed E-state index contributed by atoms with van der Waals surface area (Å²) in [6, 6.07) is 8.33. The van der Waals surface area contributed by atoms with Crippen molar-refractivity contribution in [2.75, 3.05) is 6.61 Å². The Bertz CT molecular complexity index is 380. The summed E-state index contributed by atoms with van der Waals surface area (Å²) in [5.41, 5.74) is 1.36. The van der Waals surface area contributed by atoms with E-state index in [2.05, 4.69) is 31.2 Å². The number of hydrogen-bond donors (Lipinski definition) is 1. The molecule has 17 heavy (non-hydrogen) atoms. The van der Waals surface area contributed by atoms with E-state index in [1.807, 2.05) is 13.8 Å². The molecule has 0 aliphatic carbocycles. The number of hydrogen-bond acceptors (Lipinski definition) is 2. The van der Waals surface area contributed by atoms with Gasteiger partial charge in [0.1, 0.15) is 0 Å². The normalized spacial score (nSPS) is 28.0. The summed E-state index contributed by atoms with van der Waals surface area (Å²) < 4.78 is 5.67. The van der Waals surface area contributed by atoms with Crippen LogP contribution in [0.25, 0.3) is 0 Å². The average Bonchev–Trinajstić information content (AvgIpc) is 2.27. The molecule has 1 aliphatic heterocycles. The van der Waals surface area contributed by atoms with Crippen LogP contribution in [0.2, 0.25) is 0 Å². The molecule has 1 aromatic carbocycles. The summed E-state index contributed by atoms with van der Waals surface area (Å²) in [4.78, 5) is 0. The molecule has 1 unspecified atom stereocenters. The van der Waals surface area contributed by atoms with Gasteiger partial charge in [-0.3, -0.25) is 0 Å². The maximum absolute atomic E-state index is 10.8. The second-order valence-corrected chi connectivity index (χ2v) is 5.62.